The summed E-state index contributed by atoms with van der Waals surface area (Å²) in [7, 11) is 1.63. The van der Waals surface area contributed by atoms with Crippen LogP contribution >= 0.6 is 0 Å². The second-order valence-corrected chi connectivity index (χ2v) is 9.19. The van der Waals surface area contributed by atoms with E-state index in [1.54, 1.807) is 31.4 Å². The molecule has 2 aliphatic rings. The number of piperazine rings is 1. The van der Waals surface area contributed by atoms with Crippen LogP contribution in [-0.4, -0.2) is 65.0 Å². The molecule has 182 valence electrons. The average molecular weight is 476 g/mol. The fourth-order valence-corrected chi connectivity index (χ4v) is 4.28. The first-order chi connectivity index (χ1) is 17.0. The lowest BCUT2D eigenvalue weighted by Gasteiger charge is -2.34. The molecule has 1 aliphatic heterocycles. The van der Waals surface area contributed by atoms with E-state index in [-0.39, 0.29) is 17.7 Å². The first kappa shape index (κ1) is 23.0. The van der Waals surface area contributed by atoms with Crippen molar-refractivity contribution in [1.29, 1.82) is 0 Å². The highest BCUT2D eigenvalue weighted by atomic mass is 16.5. The molecule has 5 rings (SSSR count). The SMILES string of the molecule is COc1ccc(-c2noc(CN3CCN(C(=O)c4ccc(NC(=O)C5CC5C)cc4)CC3)n2)cc1. The lowest BCUT2D eigenvalue weighted by Crippen LogP contribution is -2.48. The minimum Gasteiger partial charge on any atom is -0.497 e. The number of benzene rings is 2. The largest absolute Gasteiger partial charge is 0.497 e. The molecule has 0 bridgehead atoms. The highest BCUT2D eigenvalue weighted by molar-refractivity contribution is 5.97. The third-order valence-corrected chi connectivity index (χ3v) is 6.68. The zero-order valence-corrected chi connectivity index (χ0v) is 19.9. The highest BCUT2D eigenvalue weighted by Crippen LogP contribution is 2.38. The fourth-order valence-electron chi connectivity index (χ4n) is 4.28. The molecule has 1 aliphatic carbocycles. The number of carbonyl (C=O) groups is 2. The quantitative estimate of drug-likeness (QED) is 0.560. The first-order valence-electron chi connectivity index (χ1n) is 11.9. The van der Waals surface area contributed by atoms with Gasteiger partial charge in [0.25, 0.3) is 5.91 Å². The van der Waals surface area contributed by atoms with Gasteiger partial charge in [0.2, 0.25) is 17.6 Å². The third kappa shape index (κ3) is 5.35. The molecule has 2 amide bonds. The number of methoxy groups -OCH3 is 1. The van der Waals surface area contributed by atoms with Crippen molar-refractivity contribution in [2.75, 3.05) is 38.6 Å². The normalized spacial score (nSPS) is 19.9. The van der Waals surface area contributed by atoms with Gasteiger partial charge in [0.15, 0.2) is 0 Å². The van der Waals surface area contributed by atoms with Gasteiger partial charge in [-0.05, 0) is 60.9 Å². The van der Waals surface area contributed by atoms with Crippen LogP contribution in [0.25, 0.3) is 11.4 Å². The van der Waals surface area contributed by atoms with Gasteiger partial charge in [-0.1, -0.05) is 12.1 Å². The number of anilines is 1. The Hall–Kier alpha value is -3.72. The van der Waals surface area contributed by atoms with Crippen molar-refractivity contribution in [3.63, 3.8) is 0 Å². The summed E-state index contributed by atoms with van der Waals surface area (Å²) in [5.41, 5.74) is 2.21. The van der Waals surface area contributed by atoms with Crippen molar-refractivity contribution in [2.24, 2.45) is 11.8 Å². The molecule has 35 heavy (non-hydrogen) atoms. The summed E-state index contributed by atoms with van der Waals surface area (Å²) in [6.07, 6.45) is 0.949. The molecule has 9 heteroatoms. The van der Waals surface area contributed by atoms with Gasteiger partial charge in [-0.15, -0.1) is 0 Å². The molecule has 1 aromatic heterocycles. The lowest BCUT2D eigenvalue weighted by atomic mass is 10.1. The van der Waals surface area contributed by atoms with Gasteiger partial charge in [0.1, 0.15) is 5.75 Å². The second kappa shape index (κ2) is 9.87. The maximum Gasteiger partial charge on any atom is 0.253 e. The third-order valence-electron chi connectivity index (χ3n) is 6.68. The smallest absolute Gasteiger partial charge is 0.253 e. The van der Waals surface area contributed by atoms with Gasteiger partial charge < -0.3 is 19.5 Å². The molecule has 0 radical (unpaired) electrons. The van der Waals surface area contributed by atoms with Gasteiger partial charge >= 0.3 is 0 Å². The fraction of sp³-hybridized carbons (Fsp3) is 0.385. The van der Waals surface area contributed by atoms with Gasteiger partial charge in [-0.25, -0.2) is 0 Å². The minimum absolute atomic E-state index is 0.00192. The van der Waals surface area contributed by atoms with Crippen molar-refractivity contribution in [2.45, 2.75) is 19.9 Å². The van der Waals surface area contributed by atoms with Gasteiger partial charge in [-0.3, -0.25) is 14.5 Å². The molecule has 2 unspecified atom stereocenters. The summed E-state index contributed by atoms with van der Waals surface area (Å²) in [6.45, 7) is 5.30. The summed E-state index contributed by atoms with van der Waals surface area (Å²) in [5, 5.41) is 7.02. The number of hydrogen-bond acceptors (Lipinski definition) is 7. The predicted molar refractivity (Wildman–Crippen MR) is 130 cm³/mol. The van der Waals surface area contributed by atoms with Crippen molar-refractivity contribution >= 4 is 17.5 Å². The second-order valence-electron chi connectivity index (χ2n) is 9.19. The number of nitrogens with zero attached hydrogens (tertiary/aromatic N) is 4. The molecule has 2 fully saturated rings. The maximum atomic E-state index is 12.9. The predicted octanol–water partition coefficient (Wildman–Crippen LogP) is 3.30. The minimum atomic E-state index is -0.00192. The van der Waals surface area contributed by atoms with E-state index in [4.69, 9.17) is 9.26 Å². The van der Waals surface area contributed by atoms with Crippen molar-refractivity contribution < 1.29 is 18.8 Å². The Morgan fingerprint density at radius 3 is 2.37 bits per heavy atom. The van der Waals surface area contributed by atoms with Crippen LogP contribution in [0.15, 0.2) is 53.1 Å². The Morgan fingerprint density at radius 1 is 1.06 bits per heavy atom. The molecular formula is C26H29N5O4. The standard InChI is InChI=1S/C26H29N5O4/c1-17-15-22(17)25(32)27-20-7-3-19(4-8-20)26(33)31-13-11-30(12-14-31)16-23-28-24(29-35-23)18-5-9-21(34-2)10-6-18/h3-10,17,22H,11-16H2,1-2H3,(H,27,32). The molecule has 2 aromatic carbocycles. The molecule has 1 saturated carbocycles. The zero-order valence-electron chi connectivity index (χ0n) is 19.9. The molecule has 1 N–H and O–H groups in total. The molecule has 9 nitrogen and oxygen atoms in total. The number of hydrogen-bond donors (Lipinski definition) is 1. The Balaban J connectivity index is 1.11. The van der Waals surface area contributed by atoms with E-state index in [1.807, 2.05) is 29.2 Å². The Labute approximate surface area is 204 Å². The van der Waals surface area contributed by atoms with Crippen LogP contribution in [0.1, 0.15) is 29.6 Å². The maximum absolute atomic E-state index is 12.9. The lowest BCUT2D eigenvalue weighted by molar-refractivity contribution is -0.117. The first-order valence-corrected chi connectivity index (χ1v) is 11.9. The molecule has 3 aromatic rings. The van der Waals surface area contributed by atoms with E-state index in [2.05, 4.69) is 27.3 Å². The van der Waals surface area contributed by atoms with E-state index in [0.717, 1.165) is 36.5 Å². The van der Waals surface area contributed by atoms with Crippen LogP contribution in [0.3, 0.4) is 0 Å². The zero-order chi connectivity index (χ0) is 24.4. The number of aromatic nitrogens is 2. The number of ether oxygens (including phenoxy) is 1. The van der Waals surface area contributed by atoms with E-state index in [9.17, 15) is 9.59 Å². The van der Waals surface area contributed by atoms with Crippen LogP contribution in [0.4, 0.5) is 5.69 Å². The van der Waals surface area contributed by atoms with Crippen LogP contribution in [-0.2, 0) is 11.3 Å². The summed E-state index contributed by atoms with van der Waals surface area (Å²) >= 11 is 0. The van der Waals surface area contributed by atoms with Crippen molar-refractivity contribution in [1.82, 2.24) is 19.9 Å². The van der Waals surface area contributed by atoms with E-state index >= 15 is 0 Å². The molecule has 0 spiro atoms. The van der Waals surface area contributed by atoms with Gasteiger partial charge in [0, 0.05) is 48.9 Å². The Morgan fingerprint density at radius 2 is 1.74 bits per heavy atom. The van der Waals surface area contributed by atoms with E-state index in [1.165, 1.54) is 0 Å². The number of amides is 2. The van der Waals surface area contributed by atoms with Crippen LogP contribution in [0.2, 0.25) is 0 Å². The highest BCUT2D eigenvalue weighted by Gasteiger charge is 2.39. The van der Waals surface area contributed by atoms with Crippen LogP contribution < -0.4 is 10.1 Å². The Bertz CT molecular complexity index is 1180. The number of carbonyl (C=O) groups excluding carboxylic acids is 2. The van der Waals surface area contributed by atoms with Gasteiger partial charge in [0.05, 0.1) is 13.7 Å². The van der Waals surface area contributed by atoms with Crippen molar-refractivity contribution in [3.8, 4) is 17.1 Å². The molecule has 1 saturated heterocycles. The molecule has 2 atom stereocenters. The van der Waals surface area contributed by atoms with Crippen LogP contribution in [0, 0.1) is 11.8 Å². The number of nitrogens with one attached hydrogen (secondary N) is 1. The summed E-state index contributed by atoms with van der Waals surface area (Å²) in [5.74, 6) is 2.51. The van der Waals surface area contributed by atoms with E-state index in [0.29, 0.717) is 42.8 Å². The molecule has 2 heterocycles. The topological polar surface area (TPSA) is 101 Å². The summed E-state index contributed by atoms with van der Waals surface area (Å²) in [6, 6.07) is 14.7. The Kier molecular flexibility index (Phi) is 6.50. The summed E-state index contributed by atoms with van der Waals surface area (Å²) in [4.78, 5) is 33.6. The van der Waals surface area contributed by atoms with Crippen LogP contribution in [0.5, 0.6) is 5.75 Å². The monoisotopic (exact) mass is 475 g/mol. The van der Waals surface area contributed by atoms with Crippen molar-refractivity contribution in [3.05, 3.63) is 60.0 Å². The summed E-state index contributed by atoms with van der Waals surface area (Å²) < 4.78 is 10.6. The average Bonchev–Trinajstić information content (AvgIpc) is 3.45. The number of rotatable bonds is 7. The van der Waals surface area contributed by atoms with E-state index < -0.39 is 0 Å². The molecular weight excluding hydrogens is 446 g/mol. The van der Waals surface area contributed by atoms with Gasteiger partial charge in [-0.2, -0.15) is 4.98 Å².